The third kappa shape index (κ3) is 3.37. The lowest BCUT2D eigenvalue weighted by Crippen LogP contribution is -2.23. The van der Waals surface area contributed by atoms with Crippen LogP contribution in [0.3, 0.4) is 0 Å². The van der Waals surface area contributed by atoms with Crippen LogP contribution in [-0.2, 0) is 6.54 Å². The first kappa shape index (κ1) is 15.3. The molecule has 2 N–H and O–H groups in total. The maximum absolute atomic E-state index is 13.4. The zero-order chi connectivity index (χ0) is 12.4. The van der Waals surface area contributed by atoms with Crippen LogP contribution in [0.2, 0.25) is 0 Å². The Hall–Kier alpha value is -0.780. The zero-order valence-corrected chi connectivity index (χ0v) is 10.7. The van der Waals surface area contributed by atoms with Crippen molar-refractivity contribution < 1.29 is 13.2 Å². The molecule has 0 bridgehead atoms. The molecule has 0 amide bonds. The average Bonchev–Trinajstić information content (AvgIpc) is 2.73. The number of benzene rings is 1. The Balaban J connectivity index is 0.00000162. The molecule has 2 nitrogen and oxygen atoms in total. The van der Waals surface area contributed by atoms with Crippen molar-refractivity contribution in [3.8, 4) is 0 Å². The van der Waals surface area contributed by atoms with E-state index in [2.05, 4.69) is 0 Å². The van der Waals surface area contributed by atoms with Crippen molar-refractivity contribution in [1.82, 2.24) is 4.90 Å². The number of nitrogens with zero attached hydrogens (tertiary/aromatic N) is 1. The Kier molecular flexibility index (Phi) is 5.44. The van der Waals surface area contributed by atoms with E-state index in [0.29, 0.717) is 25.1 Å². The molecule has 1 unspecified atom stereocenters. The first-order chi connectivity index (χ1) is 8.10. The quantitative estimate of drug-likeness (QED) is 0.861. The molecule has 1 atom stereocenters. The monoisotopic (exact) mass is 280 g/mol. The fourth-order valence-corrected chi connectivity index (χ4v) is 2.17. The average molecular weight is 281 g/mol. The predicted molar refractivity (Wildman–Crippen MR) is 66.0 cm³/mol. The molecule has 2 rings (SSSR count). The van der Waals surface area contributed by atoms with E-state index < -0.39 is 17.5 Å². The largest absolute Gasteiger partial charge is 0.330 e. The molecule has 1 heterocycles. The van der Waals surface area contributed by atoms with Crippen molar-refractivity contribution >= 4 is 12.4 Å². The number of hydrogen-bond acceptors (Lipinski definition) is 2. The lowest BCUT2D eigenvalue weighted by molar-refractivity contribution is 0.311. The summed E-state index contributed by atoms with van der Waals surface area (Å²) in [5.74, 6) is -2.42. The van der Waals surface area contributed by atoms with Gasteiger partial charge in [0.25, 0.3) is 0 Å². The highest BCUT2D eigenvalue weighted by Gasteiger charge is 2.22. The van der Waals surface area contributed by atoms with E-state index in [4.69, 9.17) is 5.73 Å². The van der Waals surface area contributed by atoms with E-state index in [1.165, 1.54) is 0 Å². The third-order valence-electron chi connectivity index (χ3n) is 3.19. The van der Waals surface area contributed by atoms with Crippen LogP contribution in [0.4, 0.5) is 13.2 Å². The maximum atomic E-state index is 13.4. The second-order valence-corrected chi connectivity index (χ2v) is 4.48. The van der Waals surface area contributed by atoms with E-state index in [-0.39, 0.29) is 18.0 Å². The molecular weight excluding hydrogens is 265 g/mol. The minimum Gasteiger partial charge on any atom is -0.330 e. The molecule has 0 aromatic heterocycles. The van der Waals surface area contributed by atoms with E-state index in [1.807, 2.05) is 4.90 Å². The first-order valence-corrected chi connectivity index (χ1v) is 5.66. The van der Waals surface area contributed by atoms with E-state index in [0.717, 1.165) is 25.6 Å². The number of hydrogen-bond donors (Lipinski definition) is 1. The van der Waals surface area contributed by atoms with Gasteiger partial charge in [-0.15, -0.1) is 12.4 Å². The first-order valence-electron chi connectivity index (χ1n) is 5.66. The maximum Gasteiger partial charge on any atom is 0.161 e. The molecule has 1 aliphatic rings. The Morgan fingerprint density at radius 3 is 2.44 bits per heavy atom. The fourth-order valence-electron chi connectivity index (χ4n) is 2.17. The SMILES string of the molecule is Cl.NCC1CCN(Cc2cc(F)c(F)cc2F)C1. The van der Waals surface area contributed by atoms with Gasteiger partial charge in [0.05, 0.1) is 0 Å². The summed E-state index contributed by atoms with van der Waals surface area (Å²) in [5, 5.41) is 0. The van der Waals surface area contributed by atoms with E-state index in [1.54, 1.807) is 0 Å². The topological polar surface area (TPSA) is 29.3 Å². The van der Waals surface area contributed by atoms with E-state index in [9.17, 15) is 13.2 Å². The summed E-state index contributed by atoms with van der Waals surface area (Å²) in [7, 11) is 0. The van der Waals surface area contributed by atoms with Crippen molar-refractivity contribution in [2.75, 3.05) is 19.6 Å². The van der Waals surface area contributed by atoms with Crippen molar-refractivity contribution in [1.29, 1.82) is 0 Å². The molecule has 1 saturated heterocycles. The van der Waals surface area contributed by atoms with Gasteiger partial charge in [0.15, 0.2) is 11.6 Å². The van der Waals surface area contributed by atoms with Crippen molar-refractivity contribution in [3.05, 3.63) is 35.1 Å². The number of nitrogens with two attached hydrogens (primary N) is 1. The summed E-state index contributed by atoms with van der Waals surface area (Å²) in [6, 6.07) is 1.53. The van der Waals surface area contributed by atoms with Gasteiger partial charge in [-0.1, -0.05) is 0 Å². The Morgan fingerprint density at radius 1 is 1.17 bits per heavy atom. The van der Waals surface area contributed by atoms with Crippen LogP contribution >= 0.6 is 12.4 Å². The Labute approximate surface area is 110 Å². The summed E-state index contributed by atoms with van der Waals surface area (Å²) >= 11 is 0. The van der Waals surface area contributed by atoms with Crippen molar-refractivity contribution in [2.24, 2.45) is 11.7 Å². The molecular formula is C12H16ClF3N2. The fraction of sp³-hybridized carbons (Fsp3) is 0.500. The molecule has 0 radical (unpaired) electrons. The summed E-state index contributed by atoms with van der Waals surface area (Å²) < 4.78 is 39.1. The molecule has 1 aliphatic heterocycles. The van der Waals surface area contributed by atoms with Gasteiger partial charge in [-0.25, -0.2) is 13.2 Å². The van der Waals surface area contributed by atoms with Crippen LogP contribution in [0.1, 0.15) is 12.0 Å². The van der Waals surface area contributed by atoms with Crippen LogP contribution in [-0.4, -0.2) is 24.5 Å². The van der Waals surface area contributed by atoms with Crippen LogP contribution in [0.25, 0.3) is 0 Å². The number of rotatable bonds is 3. The van der Waals surface area contributed by atoms with Crippen molar-refractivity contribution in [2.45, 2.75) is 13.0 Å². The molecule has 1 aromatic carbocycles. The summed E-state index contributed by atoms with van der Waals surface area (Å²) in [6.07, 6.45) is 0.974. The van der Waals surface area contributed by atoms with Gasteiger partial charge in [-0.05, 0) is 31.5 Å². The summed E-state index contributed by atoms with van der Waals surface area (Å²) in [6.45, 7) is 2.52. The minimum absolute atomic E-state index is 0. The predicted octanol–water partition coefficient (Wildman–Crippen LogP) is 2.31. The van der Waals surface area contributed by atoms with Gasteiger partial charge < -0.3 is 5.73 Å². The summed E-state index contributed by atoms with van der Waals surface area (Å²) in [4.78, 5) is 2.01. The van der Waals surface area contributed by atoms with Gasteiger partial charge in [0, 0.05) is 24.7 Å². The molecule has 0 saturated carbocycles. The molecule has 1 aromatic rings. The zero-order valence-electron chi connectivity index (χ0n) is 9.83. The number of likely N-dealkylation sites (tertiary alicyclic amines) is 1. The van der Waals surface area contributed by atoms with Gasteiger partial charge >= 0.3 is 0 Å². The van der Waals surface area contributed by atoms with Crippen LogP contribution in [0.15, 0.2) is 12.1 Å². The lowest BCUT2D eigenvalue weighted by atomic mass is 10.1. The molecule has 1 fully saturated rings. The smallest absolute Gasteiger partial charge is 0.161 e. The van der Waals surface area contributed by atoms with Crippen LogP contribution in [0, 0.1) is 23.4 Å². The lowest BCUT2D eigenvalue weighted by Gasteiger charge is -2.16. The third-order valence-corrected chi connectivity index (χ3v) is 3.19. The number of halogens is 4. The van der Waals surface area contributed by atoms with Gasteiger partial charge in [0.1, 0.15) is 5.82 Å². The molecule has 6 heteroatoms. The van der Waals surface area contributed by atoms with Gasteiger partial charge in [-0.2, -0.15) is 0 Å². The normalized spacial score (nSPS) is 19.9. The van der Waals surface area contributed by atoms with Gasteiger partial charge in [-0.3, -0.25) is 4.90 Å². The molecule has 102 valence electrons. The standard InChI is InChI=1S/C12H15F3N2.ClH/c13-10-4-12(15)11(14)3-9(10)7-17-2-1-8(5-16)6-17;/h3-4,8H,1-2,5-7,16H2;1H. The molecule has 0 aliphatic carbocycles. The molecule has 0 spiro atoms. The minimum atomic E-state index is -1.15. The van der Waals surface area contributed by atoms with E-state index >= 15 is 0 Å². The van der Waals surface area contributed by atoms with Crippen LogP contribution < -0.4 is 5.73 Å². The highest BCUT2D eigenvalue weighted by atomic mass is 35.5. The Bertz CT molecular complexity index is 415. The second-order valence-electron chi connectivity index (χ2n) is 4.48. The molecule has 18 heavy (non-hydrogen) atoms. The van der Waals surface area contributed by atoms with Gasteiger partial charge in [0.2, 0.25) is 0 Å². The summed E-state index contributed by atoms with van der Waals surface area (Å²) in [5.41, 5.74) is 5.75. The Morgan fingerprint density at radius 2 is 1.83 bits per heavy atom. The van der Waals surface area contributed by atoms with Crippen molar-refractivity contribution in [3.63, 3.8) is 0 Å². The highest BCUT2D eigenvalue weighted by molar-refractivity contribution is 5.85. The highest BCUT2D eigenvalue weighted by Crippen LogP contribution is 2.20. The second kappa shape index (κ2) is 6.41. The van der Waals surface area contributed by atoms with Crippen LogP contribution in [0.5, 0.6) is 0 Å².